The zero-order valence-corrected chi connectivity index (χ0v) is 13.1. The Morgan fingerprint density at radius 2 is 1.86 bits per heavy atom. The number of rotatable bonds is 5. The summed E-state index contributed by atoms with van der Waals surface area (Å²) >= 11 is 0. The zero-order valence-electron chi connectivity index (χ0n) is 13.1. The highest BCUT2D eigenvalue weighted by molar-refractivity contribution is 6.08. The Morgan fingerprint density at radius 3 is 2.59 bits per heavy atom. The van der Waals surface area contributed by atoms with E-state index in [1.54, 1.807) is 0 Å². The van der Waals surface area contributed by atoms with Crippen LogP contribution in [0.2, 0.25) is 0 Å². The molecule has 0 saturated heterocycles. The smallest absolute Gasteiger partial charge is 0.229 e. The van der Waals surface area contributed by atoms with Crippen molar-refractivity contribution in [3.63, 3.8) is 0 Å². The number of fused-ring (bicyclic) bond motifs is 1. The summed E-state index contributed by atoms with van der Waals surface area (Å²) in [5, 5.41) is 1.01. The van der Waals surface area contributed by atoms with Gasteiger partial charge in [0, 0.05) is 28.7 Å². The Kier molecular flexibility index (Phi) is 4.05. The largest absolute Gasteiger partial charge is 0.358 e. The molecule has 0 aliphatic rings. The van der Waals surface area contributed by atoms with Gasteiger partial charge in [0.05, 0.1) is 5.56 Å². The van der Waals surface area contributed by atoms with E-state index in [0.717, 1.165) is 35.0 Å². The minimum absolute atomic E-state index is 0.142. The third-order valence-corrected chi connectivity index (χ3v) is 4.00. The van der Waals surface area contributed by atoms with Gasteiger partial charge in [-0.1, -0.05) is 31.5 Å². The molecule has 1 aromatic carbocycles. The molecule has 2 heterocycles. The number of hydrogen-bond acceptors (Lipinski definition) is 1. The van der Waals surface area contributed by atoms with Gasteiger partial charge in [-0.25, -0.2) is 0 Å². The van der Waals surface area contributed by atoms with Crippen LogP contribution < -0.4 is 4.57 Å². The number of ketones is 1. The predicted molar refractivity (Wildman–Crippen MR) is 88.0 cm³/mol. The van der Waals surface area contributed by atoms with Gasteiger partial charge in [0.2, 0.25) is 12.3 Å². The van der Waals surface area contributed by atoms with Crippen molar-refractivity contribution in [2.24, 2.45) is 0 Å². The van der Waals surface area contributed by atoms with Crippen molar-refractivity contribution in [1.82, 2.24) is 4.98 Å². The Morgan fingerprint density at radius 1 is 1.14 bits per heavy atom. The number of pyridine rings is 1. The first kappa shape index (κ1) is 14.5. The van der Waals surface area contributed by atoms with Crippen LogP contribution in [0.3, 0.4) is 0 Å². The molecule has 0 fully saturated rings. The van der Waals surface area contributed by atoms with Crippen LogP contribution in [0.4, 0.5) is 0 Å². The molecule has 0 unspecified atom stereocenters. The summed E-state index contributed by atoms with van der Waals surface area (Å²) in [5.41, 5.74) is 4.08. The van der Waals surface area contributed by atoms with E-state index >= 15 is 0 Å². The molecule has 2 aromatic heterocycles. The molecule has 3 aromatic rings. The van der Waals surface area contributed by atoms with Crippen LogP contribution in [-0.2, 0) is 13.0 Å². The maximum absolute atomic E-state index is 12.7. The lowest BCUT2D eigenvalue weighted by molar-refractivity contribution is -0.683. The number of aromatic amines is 1. The minimum Gasteiger partial charge on any atom is -0.358 e. The van der Waals surface area contributed by atoms with Gasteiger partial charge in [0.25, 0.3) is 0 Å². The summed E-state index contributed by atoms with van der Waals surface area (Å²) in [6, 6.07) is 12.2. The quantitative estimate of drug-likeness (QED) is 0.566. The number of aryl methyl sites for hydroxylation is 2. The van der Waals surface area contributed by atoms with E-state index in [9.17, 15) is 4.79 Å². The van der Waals surface area contributed by atoms with E-state index in [0.29, 0.717) is 6.54 Å². The molecule has 0 aliphatic heterocycles. The van der Waals surface area contributed by atoms with Crippen LogP contribution in [0, 0.1) is 6.92 Å². The predicted octanol–water partition coefficient (Wildman–Crippen LogP) is 3.60. The summed E-state index contributed by atoms with van der Waals surface area (Å²) in [5.74, 6) is 0.142. The average molecular weight is 293 g/mol. The number of hydrogen-bond donors (Lipinski definition) is 1. The Hall–Kier alpha value is -2.42. The van der Waals surface area contributed by atoms with Crippen molar-refractivity contribution in [2.45, 2.75) is 33.2 Å². The lowest BCUT2D eigenvalue weighted by Crippen LogP contribution is -2.37. The standard InChI is InChI=1S/C19H20N2O/c1-3-6-15-9-11-21(12-10-15)13-18(22)19-14(2)20-17-8-5-4-7-16(17)19/h4-5,7-12H,3,6,13H2,1-2H3/p+1. The molecule has 0 amide bonds. The van der Waals surface area contributed by atoms with Gasteiger partial charge in [-0.2, -0.15) is 4.57 Å². The molecule has 112 valence electrons. The van der Waals surface area contributed by atoms with Gasteiger partial charge in [-0.15, -0.1) is 0 Å². The second kappa shape index (κ2) is 6.14. The monoisotopic (exact) mass is 293 g/mol. The summed E-state index contributed by atoms with van der Waals surface area (Å²) in [6.45, 7) is 4.50. The molecule has 0 radical (unpaired) electrons. The van der Waals surface area contributed by atoms with Crippen LogP contribution in [0.1, 0.15) is 35.0 Å². The summed E-state index contributed by atoms with van der Waals surface area (Å²) in [7, 11) is 0. The maximum Gasteiger partial charge on any atom is 0.229 e. The molecule has 3 heteroatoms. The van der Waals surface area contributed by atoms with E-state index in [2.05, 4.69) is 24.0 Å². The highest BCUT2D eigenvalue weighted by Crippen LogP contribution is 2.22. The molecule has 0 bridgehead atoms. The molecule has 0 aliphatic carbocycles. The van der Waals surface area contributed by atoms with Gasteiger partial charge < -0.3 is 4.98 Å². The first-order valence-electron chi connectivity index (χ1n) is 7.77. The van der Waals surface area contributed by atoms with Gasteiger partial charge >= 0.3 is 0 Å². The average Bonchev–Trinajstić information content (AvgIpc) is 2.85. The van der Waals surface area contributed by atoms with E-state index in [1.165, 1.54) is 5.56 Å². The Balaban J connectivity index is 1.85. The van der Waals surface area contributed by atoms with Crippen molar-refractivity contribution in [3.05, 3.63) is 65.6 Å². The normalized spacial score (nSPS) is 11.0. The number of para-hydroxylation sites is 1. The lowest BCUT2D eigenvalue weighted by Gasteiger charge is -2.00. The lowest BCUT2D eigenvalue weighted by atomic mass is 10.1. The van der Waals surface area contributed by atoms with Crippen LogP contribution >= 0.6 is 0 Å². The van der Waals surface area contributed by atoms with Crippen LogP contribution in [0.15, 0.2) is 48.8 Å². The summed E-state index contributed by atoms with van der Waals surface area (Å²) < 4.78 is 1.95. The first-order valence-corrected chi connectivity index (χ1v) is 7.77. The van der Waals surface area contributed by atoms with Gasteiger partial charge in [-0.3, -0.25) is 4.79 Å². The number of H-pyrrole nitrogens is 1. The van der Waals surface area contributed by atoms with Crippen molar-refractivity contribution in [2.75, 3.05) is 0 Å². The third kappa shape index (κ3) is 2.80. The van der Waals surface area contributed by atoms with Crippen LogP contribution in [0.25, 0.3) is 10.9 Å². The number of benzene rings is 1. The SMILES string of the molecule is CCCc1cc[n+](CC(=O)c2c(C)[nH]c3ccccc23)cc1. The molecule has 0 atom stereocenters. The minimum atomic E-state index is 0.142. The fourth-order valence-corrected chi connectivity index (χ4v) is 2.93. The van der Waals surface area contributed by atoms with Gasteiger partial charge in [0.1, 0.15) is 0 Å². The Labute approximate surface area is 130 Å². The van der Waals surface area contributed by atoms with Gasteiger partial charge in [0.15, 0.2) is 12.4 Å². The maximum atomic E-state index is 12.7. The zero-order chi connectivity index (χ0) is 15.5. The second-order valence-electron chi connectivity index (χ2n) is 5.72. The van der Waals surface area contributed by atoms with E-state index in [4.69, 9.17) is 0 Å². The van der Waals surface area contributed by atoms with Crippen molar-refractivity contribution in [1.29, 1.82) is 0 Å². The molecule has 22 heavy (non-hydrogen) atoms. The highest BCUT2D eigenvalue weighted by Gasteiger charge is 2.19. The fourth-order valence-electron chi connectivity index (χ4n) is 2.93. The van der Waals surface area contributed by atoms with Crippen LogP contribution in [-0.4, -0.2) is 10.8 Å². The topological polar surface area (TPSA) is 36.7 Å². The number of carbonyl (C=O) groups is 1. The van der Waals surface area contributed by atoms with E-state index in [-0.39, 0.29) is 5.78 Å². The number of nitrogens with zero attached hydrogens (tertiary/aromatic N) is 1. The molecule has 0 saturated carbocycles. The van der Waals surface area contributed by atoms with Crippen LogP contribution in [0.5, 0.6) is 0 Å². The fraction of sp³-hybridized carbons (Fsp3) is 0.263. The molecule has 3 nitrogen and oxygen atoms in total. The second-order valence-corrected chi connectivity index (χ2v) is 5.72. The third-order valence-electron chi connectivity index (χ3n) is 4.00. The van der Waals surface area contributed by atoms with E-state index in [1.807, 2.05) is 48.1 Å². The molecule has 0 spiro atoms. The first-order chi connectivity index (χ1) is 10.7. The molecular weight excluding hydrogens is 272 g/mol. The highest BCUT2D eigenvalue weighted by atomic mass is 16.1. The van der Waals surface area contributed by atoms with E-state index < -0.39 is 0 Å². The summed E-state index contributed by atoms with van der Waals surface area (Å²) in [6.07, 6.45) is 6.20. The summed E-state index contributed by atoms with van der Waals surface area (Å²) in [4.78, 5) is 16.0. The van der Waals surface area contributed by atoms with Crippen molar-refractivity contribution >= 4 is 16.7 Å². The molecule has 3 rings (SSSR count). The number of aromatic nitrogens is 2. The molecular formula is C19H21N2O+. The number of carbonyl (C=O) groups excluding carboxylic acids is 1. The number of nitrogens with one attached hydrogen (secondary N) is 1. The van der Waals surface area contributed by atoms with Crippen molar-refractivity contribution in [3.8, 4) is 0 Å². The van der Waals surface area contributed by atoms with Gasteiger partial charge in [-0.05, 0) is 25.0 Å². The van der Waals surface area contributed by atoms with Crippen molar-refractivity contribution < 1.29 is 9.36 Å². The Bertz CT molecular complexity index is 800. The molecule has 1 N–H and O–H groups in total. The number of Topliss-reactive ketones (excluding diaryl/α,β-unsaturated/α-hetero) is 1.